The van der Waals surface area contributed by atoms with Crippen molar-refractivity contribution in [2.75, 3.05) is 26.4 Å². The molecule has 0 fully saturated rings. The second kappa shape index (κ2) is 11.8. The summed E-state index contributed by atoms with van der Waals surface area (Å²) in [7, 11) is 0. The minimum Gasteiger partial charge on any atom is -0.494 e. The number of nitrogens with two attached hydrogens (primary N) is 2. The topological polar surface area (TPSA) is 114 Å². The van der Waals surface area contributed by atoms with Crippen molar-refractivity contribution in [3.8, 4) is 11.5 Å². The van der Waals surface area contributed by atoms with Crippen LogP contribution in [0.4, 0.5) is 0 Å². The fourth-order valence-corrected chi connectivity index (χ4v) is 3.21. The fourth-order valence-electron chi connectivity index (χ4n) is 3.21. The number of hydrogen-bond acceptors (Lipinski definition) is 7. The molecule has 0 heterocycles. The quantitative estimate of drug-likeness (QED) is 0.227. The first kappa shape index (κ1) is 25.5. The minimum absolute atomic E-state index is 0.183. The van der Waals surface area contributed by atoms with Gasteiger partial charge in [0.05, 0.1) is 25.0 Å². The number of ether oxygens (including phenoxy) is 2. The van der Waals surface area contributed by atoms with Crippen molar-refractivity contribution in [2.45, 2.75) is 45.6 Å². The average Bonchev–Trinajstić information content (AvgIpc) is 2.79. The van der Waals surface area contributed by atoms with Gasteiger partial charge >= 0.3 is 0 Å². The normalized spacial score (nSPS) is 13.3. The summed E-state index contributed by atoms with van der Waals surface area (Å²) in [6, 6.07) is 16.1. The summed E-state index contributed by atoms with van der Waals surface area (Å²) >= 11 is 0. The van der Waals surface area contributed by atoms with Gasteiger partial charge in [-0.1, -0.05) is 38.1 Å². The maximum atomic E-state index is 9.35. The highest BCUT2D eigenvalue weighted by Gasteiger charge is 2.23. The summed E-state index contributed by atoms with van der Waals surface area (Å²) in [5.41, 5.74) is 8.90. The molecule has 0 unspecified atom stereocenters. The van der Waals surface area contributed by atoms with E-state index in [4.69, 9.17) is 26.2 Å². The first-order chi connectivity index (χ1) is 15.1. The monoisotopic (exact) mass is 443 g/mol. The summed E-state index contributed by atoms with van der Waals surface area (Å²) in [6.45, 7) is 9.01. The molecule has 176 valence electrons. The van der Waals surface area contributed by atoms with Crippen LogP contribution in [0, 0.1) is 0 Å². The molecule has 0 radical (unpaired) electrons. The number of aliphatic hydroxyl groups excluding tert-OH is 2. The van der Waals surface area contributed by atoms with Crippen molar-refractivity contribution in [1.29, 1.82) is 0 Å². The number of hydrazine groups is 1. The van der Waals surface area contributed by atoms with Crippen molar-refractivity contribution >= 4 is 0 Å². The van der Waals surface area contributed by atoms with Gasteiger partial charge in [-0.15, -0.1) is 0 Å². The Morgan fingerprint density at radius 2 is 1.50 bits per heavy atom. The number of allylic oxidation sites excluding steroid dienone is 1. The molecule has 0 aliphatic carbocycles. The van der Waals surface area contributed by atoms with Crippen molar-refractivity contribution in [1.82, 2.24) is 5.01 Å². The third-order valence-electron chi connectivity index (χ3n) is 5.52. The van der Waals surface area contributed by atoms with Gasteiger partial charge in [0.15, 0.2) is 0 Å². The van der Waals surface area contributed by atoms with Gasteiger partial charge < -0.3 is 30.4 Å². The Morgan fingerprint density at radius 1 is 1.00 bits per heavy atom. The standard InChI is InChI=1S/C25H37N3O4/c1-18(30)17-32-23-12-8-21(9-13-23)25(3,4)20-6-10-22(11-7-20)31-15-5-14-28(27)19(2)24(26)16-29/h6-13,18,29-30H,5,14-17,26-27H2,1-4H3/b24-19-/t18-/m0/s1. The third kappa shape index (κ3) is 7.15. The van der Waals surface area contributed by atoms with Gasteiger partial charge in [0.25, 0.3) is 0 Å². The lowest BCUT2D eigenvalue weighted by atomic mass is 9.78. The highest BCUT2D eigenvalue weighted by Crippen LogP contribution is 2.33. The summed E-state index contributed by atoms with van der Waals surface area (Å²) in [6.07, 6.45) is 0.232. The summed E-state index contributed by atoms with van der Waals surface area (Å²) in [5.74, 6) is 7.49. The van der Waals surface area contributed by atoms with Crippen LogP contribution < -0.4 is 21.1 Å². The fraction of sp³-hybridized carbons (Fsp3) is 0.440. The summed E-state index contributed by atoms with van der Waals surface area (Å²) < 4.78 is 11.4. The van der Waals surface area contributed by atoms with E-state index in [-0.39, 0.29) is 18.6 Å². The molecule has 7 nitrogen and oxygen atoms in total. The summed E-state index contributed by atoms with van der Waals surface area (Å²) in [5, 5.41) is 20.0. The molecule has 32 heavy (non-hydrogen) atoms. The zero-order valence-electron chi connectivity index (χ0n) is 19.5. The zero-order chi connectivity index (χ0) is 23.7. The molecular weight excluding hydrogens is 406 g/mol. The Kier molecular flexibility index (Phi) is 9.38. The highest BCUT2D eigenvalue weighted by atomic mass is 16.5. The van der Waals surface area contributed by atoms with Gasteiger partial charge in [0, 0.05) is 24.1 Å². The van der Waals surface area contributed by atoms with Crippen LogP contribution in [0.25, 0.3) is 0 Å². The molecule has 6 N–H and O–H groups in total. The minimum atomic E-state index is -0.493. The molecule has 0 bridgehead atoms. The highest BCUT2D eigenvalue weighted by molar-refractivity contribution is 5.41. The van der Waals surface area contributed by atoms with Crippen LogP contribution in [-0.2, 0) is 5.41 Å². The maximum Gasteiger partial charge on any atom is 0.119 e. The van der Waals surface area contributed by atoms with Crippen LogP contribution in [0.3, 0.4) is 0 Å². The Bertz CT molecular complexity index is 862. The lowest BCUT2D eigenvalue weighted by Crippen LogP contribution is -2.33. The molecule has 0 spiro atoms. The lowest BCUT2D eigenvalue weighted by molar-refractivity contribution is 0.122. The van der Waals surface area contributed by atoms with E-state index < -0.39 is 6.10 Å². The molecule has 0 amide bonds. The van der Waals surface area contributed by atoms with Crippen molar-refractivity contribution in [3.05, 3.63) is 71.1 Å². The Balaban J connectivity index is 1.90. The predicted octanol–water partition coefficient (Wildman–Crippen LogP) is 2.90. The molecule has 7 heteroatoms. The van der Waals surface area contributed by atoms with Crippen LogP contribution >= 0.6 is 0 Å². The van der Waals surface area contributed by atoms with E-state index in [0.717, 1.165) is 17.9 Å². The van der Waals surface area contributed by atoms with Crippen molar-refractivity contribution in [2.24, 2.45) is 11.6 Å². The molecule has 0 aromatic heterocycles. The maximum absolute atomic E-state index is 9.35. The van der Waals surface area contributed by atoms with E-state index >= 15 is 0 Å². The van der Waals surface area contributed by atoms with E-state index in [9.17, 15) is 5.11 Å². The lowest BCUT2D eigenvalue weighted by Gasteiger charge is -2.26. The van der Waals surface area contributed by atoms with E-state index in [1.807, 2.05) is 24.3 Å². The largest absolute Gasteiger partial charge is 0.494 e. The molecule has 0 aliphatic rings. The number of aliphatic hydroxyl groups is 2. The van der Waals surface area contributed by atoms with E-state index in [1.165, 1.54) is 16.1 Å². The molecule has 0 saturated heterocycles. The Labute approximate surface area is 191 Å². The van der Waals surface area contributed by atoms with E-state index in [1.54, 1.807) is 13.8 Å². The van der Waals surface area contributed by atoms with Crippen molar-refractivity contribution in [3.63, 3.8) is 0 Å². The van der Waals surface area contributed by atoms with Gasteiger partial charge in [0.2, 0.25) is 0 Å². The van der Waals surface area contributed by atoms with Crippen LogP contribution in [0.5, 0.6) is 11.5 Å². The number of nitrogens with zero attached hydrogens (tertiary/aromatic N) is 1. The van der Waals surface area contributed by atoms with Crippen LogP contribution in [0.1, 0.15) is 45.2 Å². The van der Waals surface area contributed by atoms with Gasteiger partial charge in [-0.05, 0) is 49.2 Å². The first-order valence-electron chi connectivity index (χ1n) is 10.9. The second-order valence-electron chi connectivity index (χ2n) is 8.50. The SMILES string of the molecule is C/C(=C(/N)CO)N(N)CCCOc1ccc(C(C)(C)c2ccc(OC[C@H](C)O)cc2)cc1. The molecule has 0 saturated carbocycles. The van der Waals surface area contributed by atoms with Crippen LogP contribution in [-0.4, -0.2) is 47.7 Å². The summed E-state index contributed by atoms with van der Waals surface area (Å²) in [4.78, 5) is 0. The molecule has 1 atom stereocenters. The molecule has 2 rings (SSSR count). The second-order valence-corrected chi connectivity index (χ2v) is 8.50. The molecule has 0 aliphatic heterocycles. The predicted molar refractivity (Wildman–Crippen MR) is 127 cm³/mol. The van der Waals surface area contributed by atoms with Crippen LogP contribution in [0.15, 0.2) is 59.9 Å². The van der Waals surface area contributed by atoms with Crippen LogP contribution in [0.2, 0.25) is 0 Å². The smallest absolute Gasteiger partial charge is 0.119 e. The molecule has 2 aromatic carbocycles. The molecule has 2 aromatic rings. The average molecular weight is 444 g/mol. The third-order valence-corrected chi connectivity index (χ3v) is 5.52. The van der Waals surface area contributed by atoms with Gasteiger partial charge in [-0.2, -0.15) is 0 Å². The Hall–Kier alpha value is -2.74. The first-order valence-corrected chi connectivity index (χ1v) is 10.9. The number of hydrogen-bond donors (Lipinski definition) is 4. The zero-order valence-corrected chi connectivity index (χ0v) is 19.5. The molecular formula is C25H37N3O4. The number of benzene rings is 2. The number of rotatable bonds is 12. The van der Waals surface area contributed by atoms with Gasteiger partial charge in [-0.25, -0.2) is 5.84 Å². The van der Waals surface area contributed by atoms with Crippen molar-refractivity contribution < 1.29 is 19.7 Å². The van der Waals surface area contributed by atoms with E-state index in [0.29, 0.717) is 24.5 Å². The van der Waals surface area contributed by atoms with Gasteiger partial charge in [0.1, 0.15) is 18.1 Å². The Morgan fingerprint density at radius 3 is 1.97 bits per heavy atom. The van der Waals surface area contributed by atoms with E-state index in [2.05, 4.69) is 38.1 Å². The van der Waals surface area contributed by atoms with Gasteiger partial charge in [-0.3, -0.25) is 0 Å².